The zero-order valence-electron chi connectivity index (χ0n) is 11.1. The number of fused-ring (bicyclic) bond motifs is 1. The first-order valence-corrected chi connectivity index (χ1v) is 6.44. The minimum Gasteiger partial charge on any atom is -0.497 e. The third-order valence-corrected chi connectivity index (χ3v) is 3.50. The number of benzene rings is 2. The molecule has 1 N–H and O–H groups in total. The number of carbonyl (C=O) groups is 1. The number of ether oxygens (including phenoxy) is 1. The number of rotatable bonds is 3. The van der Waals surface area contributed by atoms with E-state index in [1.165, 1.54) is 24.8 Å². The van der Waals surface area contributed by atoms with Crippen molar-refractivity contribution in [2.45, 2.75) is 6.42 Å². The molecule has 0 radical (unpaired) electrons. The summed E-state index contributed by atoms with van der Waals surface area (Å²) in [6.07, 6.45) is 0.959. The number of anilines is 1. The summed E-state index contributed by atoms with van der Waals surface area (Å²) < 4.78 is 18.9. The summed E-state index contributed by atoms with van der Waals surface area (Å²) in [6.45, 7) is 0.879. The molecule has 0 amide bonds. The Balaban J connectivity index is 1.96. The van der Waals surface area contributed by atoms with Gasteiger partial charge in [-0.25, -0.2) is 4.39 Å². The molecule has 1 heterocycles. The van der Waals surface area contributed by atoms with Crippen molar-refractivity contribution in [2.75, 3.05) is 19.0 Å². The summed E-state index contributed by atoms with van der Waals surface area (Å²) in [5, 5.41) is 3.21. The molecule has 2 aromatic rings. The number of carbonyl (C=O) groups excluding carboxylic acids is 1. The fourth-order valence-electron chi connectivity index (χ4n) is 2.39. The van der Waals surface area contributed by atoms with Gasteiger partial charge in [-0.15, -0.1) is 0 Å². The number of hydrogen-bond donors (Lipinski definition) is 1. The molecule has 1 aliphatic rings. The summed E-state index contributed by atoms with van der Waals surface area (Å²) in [5.74, 6) is -0.487. The van der Waals surface area contributed by atoms with E-state index >= 15 is 0 Å². The van der Waals surface area contributed by atoms with E-state index in [1.807, 2.05) is 6.07 Å². The minimum atomic E-state index is -0.567. The SMILES string of the molecule is COc1ccc(C(=O)c2ccc3c(c2)NCC3)c(F)c1. The lowest BCUT2D eigenvalue weighted by Gasteiger charge is -2.07. The molecule has 0 aromatic heterocycles. The van der Waals surface area contributed by atoms with Crippen molar-refractivity contribution in [3.63, 3.8) is 0 Å². The molecule has 0 atom stereocenters. The molecule has 3 rings (SSSR count). The molecule has 20 heavy (non-hydrogen) atoms. The van der Waals surface area contributed by atoms with E-state index in [9.17, 15) is 9.18 Å². The normalized spacial score (nSPS) is 12.7. The lowest BCUT2D eigenvalue weighted by atomic mass is 10.0. The van der Waals surface area contributed by atoms with Crippen molar-refractivity contribution < 1.29 is 13.9 Å². The van der Waals surface area contributed by atoms with Gasteiger partial charge in [-0.2, -0.15) is 0 Å². The van der Waals surface area contributed by atoms with Crippen LogP contribution >= 0.6 is 0 Å². The van der Waals surface area contributed by atoms with Gasteiger partial charge in [0.05, 0.1) is 12.7 Å². The van der Waals surface area contributed by atoms with E-state index in [-0.39, 0.29) is 11.3 Å². The number of nitrogens with one attached hydrogen (secondary N) is 1. The zero-order chi connectivity index (χ0) is 14.1. The monoisotopic (exact) mass is 271 g/mol. The molecule has 0 fully saturated rings. The van der Waals surface area contributed by atoms with Crippen LogP contribution in [0.2, 0.25) is 0 Å². The third-order valence-electron chi connectivity index (χ3n) is 3.50. The van der Waals surface area contributed by atoms with Crippen LogP contribution in [0.5, 0.6) is 5.75 Å². The van der Waals surface area contributed by atoms with Gasteiger partial charge in [0.25, 0.3) is 0 Å². The van der Waals surface area contributed by atoms with Crippen LogP contribution in [0.3, 0.4) is 0 Å². The van der Waals surface area contributed by atoms with Crippen molar-refractivity contribution in [1.29, 1.82) is 0 Å². The van der Waals surface area contributed by atoms with Crippen molar-refractivity contribution >= 4 is 11.5 Å². The van der Waals surface area contributed by atoms with Gasteiger partial charge in [0.15, 0.2) is 5.78 Å². The quantitative estimate of drug-likeness (QED) is 0.872. The van der Waals surface area contributed by atoms with Crippen molar-refractivity contribution in [1.82, 2.24) is 0 Å². The molecule has 0 saturated carbocycles. The summed E-state index contributed by atoms with van der Waals surface area (Å²) in [5.41, 5.74) is 2.70. The Morgan fingerprint density at radius 2 is 2.10 bits per heavy atom. The second-order valence-electron chi connectivity index (χ2n) is 4.72. The van der Waals surface area contributed by atoms with Crippen LogP contribution in [0, 0.1) is 5.82 Å². The predicted molar refractivity (Wildman–Crippen MR) is 75.0 cm³/mol. The highest BCUT2D eigenvalue weighted by atomic mass is 19.1. The van der Waals surface area contributed by atoms with Crippen molar-refractivity contribution in [2.24, 2.45) is 0 Å². The third kappa shape index (κ3) is 2.13. The summed E-state index contributed by atoms with van der Waals surface area (Å²) >= 11 is 0. The van der Waals surface area contributed by atoms with Crippen molar-refractivity contribution in [3.8, 4) is 5.75 Å². The maximum Gasteiger partial charge on any atom is 0.196 e. The van der Waals surface area contributed by atoms with Gasteiger partial charge in [0, 0.05) is 23.9 Å². The molecule has 0 unspecified atom stereocenters. The number of ketones is 1. The Morgan fingerprint density at radius 1 is 1.25 bits per heavy atom. The lowest BCUT2D eigenvalue weighted by molar-refractivity contribution is 0.103. The molecular weight excluding hydrogens is 257 g/mol. The molecule has 0 bridgehead atoms. The van der Waals surface area contributed by atoms with E-state index in [1.54, 1.807) is 18.2 Å². The van der Waals surface area contributed by atoms with Gasteiger partial charge in [0.2, 0.25) is 0 Å². The Kier molecular flexibility index (Phi) is 3.14. The first-order valence-electron chi connectivity index (χ1n) is 6.44. The van der Waals surface area contributed by atoms with Gasteiger partial charge in [0.1, 0.15) is 11.6 Å². The average Bonchev–Trinajstić information content (AvgIpc) is 2.93. The highest BCUT2D eigenvalue weighted by molar-refractivity contribution is 6.09. The second-order valence-corrected chi connectivity index (χ2v) is 4.72. The molecule has 3 nitrogen and oxygen atoms in total. The molecule has 4 heteroatoms. The number of halogens is 1. The summed E-state index contributed by atoms with van der Waals surface area (Å²) in [4.78, 5) is 12.4. The van der Waals surface area contributed by atoms with E-state index in [4.69, 9.17) is 4.74 Å². The van der Waals surface area contributed by atoms with Gasteiger partial charge < -0.3 is 10.1 Å². The van der Waals surface area contributed by atoms with Crippen molar-refractivity contribution in [3.05, 3.63) is 58.9 Å². The van der Waals surface area contributed by atoms with Crippen LogP contribution in [0.25, 0.3) is 0 Å². The highest BCUT2D eigenvalue weighted by Crippen LogP contribution is 2.25. The summed E-state index contributed by atoms with van der Waals surface area (Å²) in [6, 6.07) is 9.72. The zero-order valence-corrected chi connectivity index (χ0v) is 11.1. The molecule has 102 valence electrons. The largest absolute Gasteiger partial charge is 0.497 e. The highest BCUT2D eigenvalue weighted by Gasteiger charge is 2.17. The number of hydrogen-bond acceptors (Lipinski definition) is 3. The van der Waals surface area contributed by atoms with E-state index in [0.717, 1.165) is 18.7 Å². The van der Waals surface area contributed by atoms with E-state index in [2.05, 4.69) is 5.32 Å². The molecular formula is C16H14FNO2. The first-order chi connectivity index (χ1) is 9.69. The van der Waals surface area contributed by atoms with Gasteiger partial charge in [-0.3, -0.25) is 4.79 Å². The maximum atomic E-state index is 13.9. The van der Waals surface area contributed by atoms with Crippen LogP contribution < -0.4 is 10.1 Å². The Labute approximate surface area is 116 Å². The fourth-order valence-corrected chi connectivity index (χ4v) is 2.39. The molecule has 0 saturated heterocycles. The topological polar surface area (TPSA) is 38.3 Å². The molecule has 1 aliphatic heterocycles. The molecule has 2 aromatic carbocycles. The van der Waals surface area contributed by atoms with Gasteiger partial charge in [-0.1, -0.05) is 12.1 Å². The van der Waals surface area contributed by atoms with Crippen LogP contribution in [-0.4, -0.2) is 19.4 Å². The smallest absolute Gasteiger partial charge is 0.196 e. The lowest BCUT2D eigenvalue weighted by Crippen LogP contribution is -2.05. The van der Waals surface area contributed by atoms with Gasteiger partial charge >= 0.3 is 0 Å². The van der Waals surface area contributed by atoms with Crippen LogP contribution in [0.15, 0.2) is 36.4 Å². The minimum absolute atomic E-state index is 0.0590. The maximum absolute atomic E-state index is 13.9. The number of methoxy groups -OCH3 is 1. The average molecular weight is 271 g/mol. The standard InChI is InChI=1S/C16H14FNO2/c1-20-12-4-5-13(14(17)9-12)16(19)11-3-2-10-6-7-18-15(10)8-11/h2-5,8-9,18H,6-7H2,1H3. The second kappa shape index (κ2) is 4.96. The van der Waals surface area contributed by atoms with Gasteiger partial charge in [-0.05, 0) is 30.2 Å². The van der Waals surface area contributed by atoms with E-state index < -0.39 is 5.82 Å². The Morgan fingerprint density at radius 3 is 2.85 bits per heavy atom. The Bertz CT molecular complexity index is 682. The summed E-state index contributed by atoms with van der Waals surface area (Å²) in [7, 11) is 1.46. The first kappa shape index (κ1) is 12.7. The molecule has 0 spiro atoms. The van der Waals surface area contributed by atoms with Crippen LogP contribution in [-0.2, 0) is 6.42 Å². The predicted octanol–water partition coefficient (Wildman–Crippen LogP) is 3.03. The fraction of sp³-hybridized carbons (Fsp3) is 0.188. The molecule has 0 aliphatic carbocycles. The van der Waals surface area contributed by atoms with Crippen LogP contribution in [0.4, 0.5) is 10.1 Å². The van der Waals surface area contributed by atoms with E-state index in [0.29, 0.717) is 11.3 Å². The Hall–Kier alpha value is -2.36. The van der Waals surface area contributed by atoms with Crippen LogP contribution in [0.1, 0.15) is 21.5 Å².